The molecule has 0 bridgehead atoms. The molecule has 2 amide bonds. The van der Waals surface area contributed by atoms with Crippen LogP contribution < -0.4 is 15.0 Å². The zero-order chi connectivity index (χ0) is 25.3. The molecule has 35 heavy (non-hydrogen) atoms. The number of hydrogen-bond acceptors (Lipinski definition) is 5. The fourth-order valence-corrected chi connectivity index (χ4v) is 3.87. The molecule has 1 aliphatic rings. The van der Waals surface area contributed by atoms with Crippen molar-refractivity contribution in [3.05, 3.63) is 99.2 Å². The Morgan fingerprint density at radius 1 is 0.914 bits per heavy atom. The van der Waals surface area contributed by atoms with Crippen molar-refractivity contribution in [2.45, 2.75) is 26.7 Å². The summed E-state index contributed by atoms with van der Waals surface area (Å²) in [5.74, 6) is -0.936. The van der Waals surface area contributed by atoms with E-state index in [1.807, 2.05) is 19.1 Å². The van der Waals surface area contributed by atoms with Crippen LogP contribution in [0.1, 0.15) is 41.3 Å². The summed E-state index contributed by atoms with van der Waals surface area (Å²) in [6.07, 6.45) is 0. The van der Waals surface area contributed by atoms with E-state index < -0.39 is 17.8 Å². The number of amides is 2. The number of benzene rings is 3. The monoisotopic (exact) mass is 508 g/mol. The lowest BCUT2D eigenvalue weighted by molar-refractivity contribution is -0.120. The number of anilines is 2. The molecular formula is C27H22Cl2N2O4. The predicted octanol–water partition coefficient (Wildman–Crippen LogP) is 6.43. The third-order valence-electron chi connectivity index (χ3n) is 5.59. The van der Waals surface area contributed by atoms with E-state index in [0.717, 1.165) is 16.0 Å². The molecule has 0 spiro atoms. The van der Waals surface area contributed by atoms with Gasteiger partial charge in [-0.1, -0.05) is 55.2 Å². The summed E-state index contributed by atoms with van der Waals surface area (Å²) in [6, 6.07) is 18.5. The lowest BCUT2D eigenvalue weighted by Crippen LogP contribution is -2.32. The summed E-state index contributed by atoms with van der Waals surface area (Å²) in [5.41, 5.74) is 3.03. The molecule has 3 aromatic rings. The highest BCUT2D eigenvalue weighted by Gasteiger charge is 2.39. The Hall–Kier alpha value is -3.61. The SMILES string of the molecule is Cc1ccc(N2C(=O)C(Cl)=C(Nc3ccc(C(=O)Oc4ccc(C(C)C)cc4)cc3)C2=O)cc1Cl. The van der Waals surface area contributed by atoms with Crippen LogP contribution in [0.3, 0.4) is 0 Å². The van der Waals surface area contributed by atoms with Gasteiger partial charge in [0.15, 0.2) is 0 Å². The van der Waals surface area contributed by atoms with Gasteiger partial charge in [-0.05, 0) is 72.5 Å². The van der Waals surface area contributed by atoms with Crippen LogP contribution in [0.25, 0.3) is 0 Å². The zero-order valence-corrected chi connectivity index (χ0v) is 20.8. The second-order valence-corrected chi connectivity index (χ2v) is 9.17. The number of rotatable bonds is 6. The van der Waals surface area contributed by atoms with Gasteiger partial charge in [-0.3, -0.25) is 9.59 Å². The molecule has 0 fully saturated rings. The van der Waals surface area contributed by atoms with Gasteiger partial charge >= 0.3 is 5.97 Å². The van der Waals surface area contributed by atoms with E-state index >= 15 is 0 Å². The van der Waals surface area contributed by atoms with Crippen molar-refractivity contribution in [1.82, 2.24) is 0 Å². The average molecular weight is 509 g/mol. The Bertz CT molecular complexity index is 1350. The van der Waals surface area contributed by atoms with Crippen molar-refractivity contribution in [3.8, 4) is 5.75 Å². The summed E-state index contributed by atoms with van der Waals surface area (Å²) in [7, 11) is 0. The Morgan fingerprint density at radius 3 is 2.17 bits per heavy atom. The summed E-state index contributed by atoms with van der Waals surface area (Å²) in [6.45, 7) is 5.99. The lowest BCUT2D eigenvalue weighted by atomic mass is 10.0. The number of carbonyl (C=O) groups is 3. The fourth-order valence-electron chi connectivity index (χ4n) is 3.49. The quantitative estimate of drug-likeness (QED) is 0.236. The minimum Gasteiger partial charge on any atom is -0.423 e. The molecule has 0 radical (unpaired) electrons. The normalized spacial score (nSPS) is 13.6. The maximum absolute atomic E-state index is 13.0. The molecule has 3 aromatic carbocycles. The van der Waals surface area contributed by atoms with Crippen LogP contribution in [-0.2, 0) is 9.59 Å². The maximum Gasteiger partial charge on any atom is 0.343 e. The highest BCUT2D eigenvalue weighted by atomic mass is 35.5. The lowest BCUT2D eigenvalue weighted by Gasteiger charge is -2.16. The Morgan fingerprint density at radius 2 is 1.57 bits per heavy atom. The van der Waals surface area contributed by atoms with E-state index in [2.05, 4.69) is 19.2 Å². The van der Waals surface area contributed by atoms with Crippen LogP contribution >= 0.6 is 23.2 Å². The number of nitrogens with one attached hydrogen (secondary N) is 1. The van der Waals surface area contributed by atoms with Gasteiger partial charge in [0.25, 0.3) is 11.8 Å². The van der Waals surface area contributed by atoms with Gasteiger partial charge in [-0.15, -0.1) is 0 Å². The van der Waals surface area contributed by atoms with Crippen molar-refractivity contribution < 1.29 is 19.1 Å². The topological polar surface area (TPSA) is 75.7 Å². The van der Waals surface area contributed by atoms with Crippen LogP contribution in [-0.4, -0.2) is 17.8 Å². The molecule has 6 nitrogen and oxygen atoms in total. The Kier molecular flexibility index (Phi) is 6.96. The van der Waals surface area contributed by atoms with E-state index in [0.29, 0.717) is 33.6 Å². The van der Waals surface area contributed by atoms with Crippen LogP contribution in [0.5, 0.6) is 5.75 Å². The average Bonchev–Trinajstić information content (AvgIpc) is 3.04. The number of halogens is 2. The number of imide groups is 1. The number of hydrogen-bond donors (Lipinski definition) is 1. The van der Waals surface area contributed by atoms with Crippen LogP contribution in [0, 0.1) is 6.92 Å². The summed E-state index contributed by atoms with van der Waals surface area (Å²) in [4.78, 5) is 39.1. The first-order chi connectivity index (χ1) is 16.7. The van der Waals surface area contributed by atoms with Gasteiger partial charge in [0, 0.05) is 10.7 Å². The third-order valence-corrected chi connectivity index (χ3v) is 6.35. The molecule has 8 heteroatoms. The summed E-state index contributed by atoms with van der Waals surface area (Å²) >= 11 is 12.3. The number of esters is 1. The first-order valence-electron chi connectivity index (χ1n) is 10.9. The molecule has 1 aliphatic heterocycles. The molecule has 0 aliphatic carbocycles. The largest absolute Gasteiger partial charge is 0.423 e. The smallest absolute Gasteiger partial charge is 0.343 e. The Labute approximate surface area is 213 Å². The zero-order valence-electron chi connectivity index (χ0n) is 19.3. The summed E-state index contributed by atoms with van der Waals surface area (Å²) < 4.78 is 5.43. The van der Waals surface area contributed by atoms with E-state index in [9.17, 15) is 14.4 Å². The molecule has 0 atom stereocenters. The van der Waals surface area contributed by atoms with Crippen LogP contribution in [0.15, 0.2) is 77.5 Å². The molecule has 0 saturated carbocycles. The number of aryl methyl sites for hydroxylation is 1. The predicted molar refractivity (Wildman–Crippen MR) is 137 cm³/mol. The van der Waals surface area contributed by atoms with Crippen molar-refractivity contribution in [2.24, 2.45) is 0 Å². The number of carbonyl (C=O) groups excluding carboxylic acids is 3. The molecule has 178 valence electrons. The first-order valence-corrected chi connectivity index (χ1v) is 11.6. The van der Waals surface area contributed by atoms with Gasteiger partial charge < -0.3 is 10.1 Å². The molecule has 0 aromatic heterocycles. The second kappa shape index (κ2) is 9.94. The number of ether oxygens (including phenoxy) is 1. The maximum atomic E-state index is 13.0. The summed E-state index contributed by atoms with van der Waals surface area (Å²) in [5, 5.41) is 3.07. The second-order valence-electron chi connectivity index (χ2n) is 8.38. The highest BCUT2D eigenvalue weighted by Crippen LogP contribution is 2.32. The molecule has 1 N–H and O–H groups in total. The van der Waals surface area contributed by atoms with Crippen molar-refractivity contribution in [1.29, 1.82) is 0 Å². The molecule has 4 rings (SSSR count). The number of nitrogens with zero attached hydrogens (tertiary/aromatic N) is 1. The van der Waals surface area contributed by atoms with Crippen molar-refractivity contribution >= 4 is 52.4 Å². The fraction of sp³-hybridized carbons (Fsp3) is 0.148. The van der Waals surface area contributed by atoms with Gasteiger partial charge in [0.1, 0.15) is 16.5 Å². The minimum absolute atomic E-state index is 0.0612. The van der Waals surface area contributed by atoms with E-state index in [1.165, 1.54) is 6.07 Å². The van der Waals surface area contributed by atoms with Crippen molar-refractivity contribution in [2.75, 3.05) is 10.2 Å². The van der Waals surface area contributed by atoms with E-state index in [-0.39, 0.29) is 10.7 Å². The third kappa shape index (κ3) is 5.09. The van der Waals surface area contributed by atoms with Gasteiger partial charge in [-0.25, -0.2) is 9.69 Å². The highest BCUT2D eigenvalue weighted by molar-refractivity contribution is 6.53. The van der Waals surface area contributed by atoms with E-state index in [1.54, 1.807) is 48.5 Å². The minimum atomic E-state index is -0.650. The van der Waals surface area contributed by atoms with Gasteiger partial charge in [0.2, 0.25) is 0 Å². The van der Waals surface area contributed by atoms with Gasteiger partial charge in [-0.2, -0.15) is 0 Å². The van der Waals surface area contributed by atoms with E-state index in [4.69, 9.17) is 27.9 Å². The van der Waals surface area contributed by atoms with Crippen LogP contribution in [0.2, 0.25) is 5.02 Å². The van der Waals surface area contributed by atoms with Crippen LogP contribution in [0.4, 0.5) is 11.4 Å². The van der Waals surface area contributed by atoms with Crippen molar-refractivity contribution in [3.63, 3.8) is 0 Å². The first kappa shape index (κ1) is 24.5. The molecule has 0 unspecified atom stereocenters. The molecular weight excluding hydrogens is 487 g/mol. The Balaban J connectivity index is 1.46. The molecule has 0 saturated heterocycles. The molecule has 1 heterocycles. The van der Waals surface area contributed by atoms with Gasteiger partial charge in [0.05, 0.1) is 11.3 Å². The standard InChI is InChI=1S/C27H22Cl2N2O4/c1-15(2)17-7-12-21(13-8-17)35-27(34)18-5-9-19(10-6-18)30-24-23(29)25(32)31(26(24)33)20-11-4-16(3)22(28)14-20/h4-15,30H,1-3H3.